The van der Waals surface area contributed by atoms with E-state index in [0.29, 0.717) is 23.5 Å². The molecule has 0 radical (unpaired) electrons. The monoisotopic (exact) mass is 336 g/mol. The molecule has 0 aromatic heterocycles. The minimum Gasteiger partial charge on any atom is -0.394 e. The minimum absolute atomic E-state index is 0.0452. The lowest BCUT2D eigenvalue weighted by molar-refractivity contribution is -0.142. The highest BCUT2D eigenvalue weighted by Crippen LogP contribution is 2.66. The molecule has 4 fully saturated rings. The van der Waals surface area contributed by atoms with Crippen LogP contribution in [0, 0.1) is 34.5 Å². The zero-order valence-electron chi connectivity index (χ0n) is 15.5. The first-order chi connectivity index (χ1) is 11.5. The quantitative estimate of drug-likeness (QED) is 0.825. The summed E-state index contributed by atoms with van der Waals surface area (Å²) in [5.74, 6) is 3.28. The molecule has 0 spiro atoms. The topological polar surface area (TPSA) is 49.7 Å². The third-order valence-electron chi connectivity index (χ3n) is 8.96. The van der Waals surface area contributed by atoms with Crippen molar-refractivity contribution in [3.63, 3.8) is 0 Å². The van der Waals surface area contributed by atoms with E-state index in [9.17, 15) is 5.11 Å². The Labute approximate surface area is 147 Å². The van der Waals surface area contributed by atoms with Gasteiger partial charge in [0.15, 0.2) is 0 Å². The summed E-state index contributed by atoms with van der Waals surface area (Å²) >= 11 is 0. The van der Waals surface area contributed by atoms with Gasteiger partial charge >= 0.3 is 0 Å². The predicted molar refractivity (Wildman–Crippen MR) is 94.6 cm³/mol. The highest BCUT2D eigenvalue weighted by Gasteiger charge is 2.60. The molecule has 3 heteroatoms. The summed E-state index contributed by atoms with van der Waals surface area (Å²) in [7, 11) is 0. The van der Waals surface area contributed by atoms with Crippen LogP contribution in [0.15, 0.2) is 0 Å². The van der Waals surface area contributed by atoms with Gasteiger partial charge in [-0.3, -0.25) is 0 Å². The highest BCUT2D eigenvalue weighted by molar-refractivity contribution is 5.09. The van der Waals surface area contributed by atoms with Crippen molar-refractivity contribution in [3.05, 3.63) is 0 Å². The predicted octanol–water partition coefficient (Wildman–Crippen LogP) is 3.77. The molecule has 138 valence electrons. The SMILES string of the molecule is C[C@]12CC[C@@H](O)C[C@@H]1CC[C@@H]1[C@@H]2CC[C@]2(C)C(OCCO)CC[C@@H]12. The Morgan fingerprint density at radius 3 is 2.46 bits per heavy atom. The fraction of sp³-hybridized carbons (Fsp3) is 1.00. The van der Waals surface area contributed by atoms with Gasteiger partial charge in [0.2, 0.25) is 0 Å². The van der Waals surface area contributed by atoms with Gasteiger partial charge in [0.25, 0.3) is 0 Å². The van der Waals surface area contributed by atoms with Gasteiger partial charge in [-0.1, -0.05) is 13.8 Å². The van der Waals surface area contributed by atoms with Crippen LogP contribution in [0.4, 0.5) is 0 Å². The van der Waals surface area contributed by atoms with E-state index in [4.69, 9.17) is 9.84 Å². The lowest BCUT2D eigenvalue weighted by atomic mass is 9.45. The van der Waals surface area contributed by atoms with Crippen LogP contribution in [0.25, 0.3) is 0 Å². The third kappa shape index (κ3) is 2.49. The van der Waals surface area contributed by atoms with Gasteiger partial charge in [0, 0.05) is 0 Å². The average Bonchev–Trinajstić information content (AvgIpc) is 2.90. The second-order valence-corrected chi connectivity index (χ2v) is 9.79. The minimum atomic E-state index is -0.0452. The Morgan fingerprint density at radius 1 is 0.917 bits per heavy atom. The molecule has 0 amide bonds. The lowest BCUT2D eigenvalue weighted by Gasteiger charge is -2.60. The Balaban J connectivity index is 1.54. The van der Waals surface area contributed by atoms with Crippen LogP contribution in [0.1, 0.15) is 71.6 Å². The van der Waals surface area contributed by atoms with Gasteiger partial charge in [-0.25, -0.2) is 0 Å². The summed E-state index contributed by atoms with van der Waals surface area (Å²) in [4.78, 5) is 0. The lowest BCUT2D eigenvalue weighted by Crippen LogP contribution is -2.54. The number of rotatable bonds is 3. The number of aliphatic hydroxyl groups is 2. The van der Waals surface area contributed by atoms with Crippen molar-refractivity contribution in [2.45, 2.75) is 83.8 Å². The zero-order chi connectivity index (χ0) is 16.9. The first-order valence-corrected chi connectivity index (χ1v) is 10.4. The molecule has 0 aromatic rings. The maximum Gasteiger partial charge on any atom is 0.0701 e. The fourth-order valence-corrected chi connectivity index (χ4v) is 7.66. The summed E-state index contributed by atoms with van der Waals surface area (Å²) in [5.41, 5.74) is 0.793. The van der Waals surface area contributed by atoms with Crippen LogP contribution in [0.5, 0.6) is 0 Å². The van der Waals surface area contributed by atoms with E-state index in [-0.39, 0.29) is 12.7 Å². The standard InChI is InChI=1S/C21H36O3/c1-20-9-7-15(23)13-14(20)3-4-16-17-5-6-19(24-12-11-22)21(17,2)10-8-18(16)20/h14-19,22-23H,3-13H2,1-2H3/t14-,15+,16-,17-,18-,19?,20-,21-/m0/s1. The molecule has 3 nitrogen and oxygen atoms in total. The van der Waals surface area contributed by atoms with Gasteiger partial charge < -0.3 is 14.9 Å². The van der Waals surface area contributed by atoms with Crippen molar-refractivity contribution >= 4 is 0 Å². The van der Waals surface area contributed by atoms with Crippen LogP contribution in [-0.4, -0.2) is 35.6 Å². The first kappa shape index (κ1) is 17.3. The van der Waals surface area contributed by atoms with E-state index >= 15 is 0 Å². The Kier molecular flexibility index (Phi) is 4.50. The molecular weight excluding hydrogens is 300 g/mol. The molecule has 4 saturated carbocycles. The summed E-state index contributed by atoms with van der Waals surface area (Å²) in [6, 6.07) is 0. The van der Waals surface area contributed by atoms with E-state index in [2.05, 4.69) is 13.8 Å². The smallest absolute Gasteiger partial charge is 0.0701 e. The Bertz CT molecular complexity index is 466. The number of ether oxygens (including phenoxy) is 1. The summed E-state index contributed by atoms with van der Waals surface area (Å²) < 4.78 is 6.07. The average molecular weight is 337 g/mol. The number of hydrogen-bond donors (Lipinski definition) is 2. The fourth-order valence-electron chi connectivity index (χ4n) is 7.66. The molecule has 4 rings (SSSR count). The van der Waals surface area contributed by atoms with Crippen molar-refractivity contribution in [1.82, 2.24) is 0 Å². The van der Waals surface area contributed by atoms with Gasteiger partial charge in [-0.05, 0) is 92.3 Å². The van der Waals surface area contributed by atoms with E-state index < -0.39 is 0 Å². The molecule has 0 saturated heterocycles. The van der Waals surface area contributed by atoms with Crippen molar-refractivity contribution in [1.29, 1.82) is 0 Å². The Hall–Kier alpha value is -0.120. The molecule has 1 unspecified atom stereocenters. The summed E-state index contributed by atoms with van der Waals surface area (Å²) in [6.07, 6.45) is 11.4. The van der Waals surface area contributed by atoms with Gasteiger partial charge in [0.05, 0.1) is 25.4 Å². The van der Waals surface area contributed by atoms with E-state index in [1.165, 1.54) is 44.9 Å². The van der Waals surface area contributed by atoms with Crippen LogP contribution < -0.4 is 0 Å². The van der Waals surface area contributed by atoms with Crippen molar-refractivity contribution < 1.29 is 14.9 Å². The van der Waals surface area contributed by atoms with Gasteiger partial charge in [-0.15, -0.1) is 0 Å². The van der Waals surface area contributed by atoms with Crippen LogP contribution >= 0.6 is 0 Å². The molecule has 0 aromatic carbocycles. The summed E-state index contributed by atoms with van der Waals surface area (Å²) in [6.45, 7) is 5.67. The van der Waals surface area contributed by atoms with Crippen molar-refractivity contribution in [2.24, 2.45) is 34.5 Å². The molecule has 0 aliphatic heterocycles. The molecule has 0 bridgehead atoms. The molecule has 0 heterocycles. The second kappa shape index (κ2) is 6.25. The van der Waals surface area contributed by atoms with Crippen LogP contribution in [0.2, 0.25) is 0 Å². The van der Waals surface area contributed by atoms with Crippen molar-refractivity contribution in [2.75, 3.05) is 13.2 Å². The number of aliphatic hydroxyl groups excluding tert-OH is 2. The molecular formula is C21H36O3. The molecule has 4 aliphatic rings. The number of fused-ring (bicyclic) bond motifs is 5. The maximum atomic E-state index is 10.1. The first-order valence-electron chi connectivity index (χ1n) is 10.4. The van der Waals surface area contributed by atoms with Gasteiger partial charge in [0.1, 0.15) is 0 Å². The third-order valence-corrected chi connectivity index (χ3v) is 8.96. The largest absolute Gasteiger partial charge is 0.394 e. The van der Waals surface area contributed by atoms with E-state index in [1.54, 1.807) is 0 Å². The molecule has 24 heavy (non-hydrogen) atoms. The van der Waals surface area contributed by atoms with Crippen molar-refractivity contribution in [3.8, 4) is 0 Å². The van der Waals surface area contributed by atoms with Crippen LogP contribution in [-0.2, 0) is 4.74 Å². The van der Waals surface area contributed by atoms with Gasteiger partial charge in [-0.2, -0.15) is 0 Å². The van der Waals surface area contributed by atoms with Crippen LogP contribution in [0.3, 0.4) is 0 Å². The van der Waals surface area contributed by atoms with E-state index in [0.717, 1.165) is 36.5 Å². The molecule has 4 aliphatic carbocycles. The highest BCUT2D eigenvalue weighted by atomic mass is 16.5. The normalized spacial score (nSPS) is 54.0. The maximum absolute atomic E-state index is 10.1. The second-order valence-electron chi connectivity index (χ2n) is 9.79. The number of hydrogen-bond acceptors (Lipinski definition) is 3. The molecule has 8 atom stereocenters. The zero-order valence-corrected chi connectivity index (χ0v) is 15.5. The van der Waals surface area contributed by atoms with E-state index in [1.807, 2.05) is 0 Å². The summed E-state index contributed by atoms with van der Waals surface area (Å²) in [5, 5.41) is 19.3. The Morgan fingerprint density at radius 2 is 1.67 bits per heavy atom. The molecule has 2 N–H and O–H groups in total.